The SMILES string of the molecule is CCCN(CCC)CCCN(CCCN(CCC)CCC)c1cc(C)nc(Nc2ccc(Cl)cc2)n1. The van der Waals surface area contributed by atoms with E-state index in [0.717, 1.165) is 61.2 Å². The van der Waals surface area contributed by atoms with Crippen LogP contribution in [0, 0.1) is 6.92 Å². The number of halogens is 1. The molecule has 1 aromatic carbocycles. The number of benzene rings is 1. The number of nitrogens with zero attached hydrogens (tertiary/aromatic N) is 5. The fourth-order valence-electron chi connectivity index (χ4n) is 4.68. The fraction of sp³-hybridized carbons (Fsp3) is 0.655. The molecule has 0 amide bonds. The minimum Gasteiger partial charge on any atom is -0.356 e. The molecule has 0 saturated heterocycles. The van der Waals surface area contributed by atoms with E-state index in [9.17, 15) is 0 Å². The maximum atomic E-state index is 6.05. The number of rotatable bonds is 19. The summed E-state index contributed by atoms with van der Waals surface area (Å²) in [4.78, 5) is 17.2. The standard InChI is InChI=1S/C29H49ClN6/c1-6-16-34(17-7-2)20-10-22-36(23-11-21-35(18-8-3)19-9-4)28-24-25(5)31-29(33-28)32-27-14-12-26(30)13-15-27/h12-15,24H,6-11,16-23H2,1-5H3,(H,31,32,33). The highest BCUT2D eigenvalue weighted by atomic mass is 35.5. The van der Waals surface area contributed by atoms with Gasteiger partial charge >= 0.3 is 0 Å². The van der Waals surface area contributed by atoms with Crippen LogP contribution in [0.1, 0.15) is 71.9 Å². The van der Waals surface area contributed by atoms with E-state index in [1.54, 1.807) is 0 Å². The highest BCUT2D eigenvalue weighted by Crippen LogP contribution is 2.21. The van der Waals surface area contributed by atoms with Crippen molar-refractivity contribution in [3.63, 3.8) is 0 Å². The molecule has 202 valence electrons. The summed E-state index contributed by atoms with van der Waals surface area (Å²) in [5.74, 6) is 1.64. The Bertz CT molecular complexity index is 810. The van der Waals surface area contributed by atoms with Gasteiger partial charge in [0.05, 0.1) is 0 Å². The lowest BCUT2D eigenvalue weighted by molar-refractivity contribution is 0.267. The number of anilines is 3. The maximum Gasteiger partial charge on any atom is 0.229 e. The Kier molecular flexibility index (Phi) is 14.8. The second-order valence-electron chi connectivity index (χ2n) is 9.70. The lowest BCUT2D eigenvalue weighted by Gasteiger charge is -2.28. The van der Waals surface area contributed by atoms with Crippen molar-refractivity contribution in [2.24, 2.45) is 0 Å². The number of aryl methyl sites for hydroxylation is 1. The van der Waals surface area contributed by atoms with Crippen LogP contribution in [-0.4, -0.2) is 72.1 Å². The Balaban J connectivity index is 2.13. The normalized spacial score (nSPS) is 11.4. The van der Waals surface area contributed by atoms with Crippen LogP contribution < -0.4 is 10.2 Å². The molecule has 0 spiro atoms. The molecule has 1 N–H and O–H groups in total. The van der Waals surface area contributed by atoms with Gasteiger partial charge in [-0.05, 0) is 109 Å². The monoisotopic (exact) mass is 516 g/mol. The van der Waals surface area contributed by atoms with E-state index in [4.69, 9.17) is 16.6 Å². The summed E-state index contributed by atoms with van der Waals surface area (Å²) in [5.41, 5.74) is 1.91. The van der Waals surface area contributed by atoms with E-state index in [2.05, 4.69) is 58.8 Å². The molecule has 6 nitrogen and oxygen atoms in total. The van der Waals surface area contributed by atoms with E-state index in [-0.39, 0.29) is 0 Å². The second kappa shape index (κ2) is 17.5. The zero-order valence-corrected chi connectivity index (χ0v) is 24.2. The summed E-state index contributed by atoms with van der Waals surface area (Å²) >= 11 is 6.05. The number of aromatic nitrogens is 2. The predicted molar refractivity (Wildman–Crippen MR) is 157 cm³/mol. The van der Waals surface area contributed by atoms with Crippen molar-refractivity contribution >= 4 is 29.1 Å². The number of hydrogen-bond donors (Lipinski definition) is 1. The van der Waals surface area contributed by atoms with Gasteiger partial charge in [0.2, 0.25) is 5.95 Å². The molecular weight excluding hydrogens is 468 g/mol. The van der Waals surface area contributed by atoms with Crippen molar-refractivity contribution in [2.75, 3.05) is 62.6 Å². The van der Waals surface area contributed by atoms with E-state index < -0.39 is 0 Å². The predicted octanol–water partition coefficient (Wildman–Crippen LogP) is 7.01. The van der Waals surface area contributed by atoms with Crippen molar-refractivity contribution in [1.29, 1.82) is 0 Å². The van der Waals surface area contributed by atoms with Crippen LogP contribution in [0.15, 0.2) is 30.3 Å². The molecule has 0 radical (unpaired) electrons. The molecular formula is C29H49ClN6. The van der Waals surface area contributed by atoms with E-state index in [1.165, 1.54) is 51.9 Å². The Morgan fingerprint density at radius 3 is 1.67 bits per heavy atom. The summed E-state index contributed by atoms with van der Waals surface area (Å²) in [6.07, 6.45) is 7.10. The fourth-order valence-corrected chi connectivity index (χ4v) is 4.81. The zero-order chi connectivity index (χ0) is 26.2. The molecule has 7 heteroatoms. The van der Waals surface area contributed by atoms with Gasteiger partial charge in [-0.2, -0.15) is 4.98 Å². The quantitative estimate of drug-likeness (QED) is 0.216. The molecule has 0 saturated carbocycles. The van der Waals surface area contributed by atoms with E-state index in [0.29, 0.717) is 5.95 Å². The molecule has 0 unspecified atom stereocenters. The summed E-state index contributed by atoms with van der Waals surface area (Å²) in [6, 6.07) is 9.79. The topological polar surface area (TPSA) is 47.5 Å². The molecule has 0 aliphatic heterocycles. The van der Waals surface area contributed by atoms with Crippen LogP contribution in [0.2, 0.25) is 5.02 Å². The van der Waals surface area contributed by atoms with Crippen molar-refractivity contribution in [3.8, 4) is 0 Å². The highest BCUT2D eigenvalue weighted by molar-refractivity contribution is 6.30. The van der Waals surface area contributed by atoms with Crippen LogP contribution in [0.25, 0.3) is 0 Å². The first-order chi connectivity index (χ1) is 17.5. The number of hydrogen-bond acceptors (Lipinski definition) is 6. The molecule has 0 fully saturated rings. The maximum absolute atomic E-state index is 6.05. The lowest BCUT2D eigenvalue weighted by atomic mass is 10.2. The average Bonchev–Trinajstić information content (AvgIpc) is 2.84. The molecule has 0 aliphatic rings. The largest absolute Gasteiger partial charge is 0.356 e. The Morgan fingerprint density at radius 2 is 1.19 bits per heavy atom. The van der Waals surface area contributed by atoms with Gasteiger partial charge in [-0.15, -0.1) is 0 Å². The van der Waals surface area contributed by atoms with Gasteiger partial charge in [0.25, 0.3) is 0 Å². The minimum atomic E-state index is 0.634. The van der Waals surface area contributed by atoms with Crippen LogP contribution >= 0.6 is 11.6 Å². The molecule has 2 aromatic rings. The Labute approximate surface area is 225 Å². The first-order valence-electron chi connectivity index (χ1n) is 14.1. The van der Waals surface area contributed by atoms with Crippen molar-refractivity contribution in [2.45, 2.75) is 73.1 Å². The van der Waals surface area contributed by atoms with Crippen LogP contribution in [0.3, 0.4) is 0 Å². The minimum absolute atomic E-state index is 0.634. The van der Waals surface area contributed by atoms with Crippen LogP contribution in [-0.2, 0) is 0 Å². The lowest BCUT2D eigenvalue weighted by Crippen LogP contribution is -2.34. The smallest absolute Gasteiger partial charge is 0.229 e. The van der Waals surface area contributed by atoms with Crippen LogP contribution in [0.4, 0.5) is 17.5 Å². The molecule has 0 bridgehead atoms. The van der Waals surface area contributed by atoms with Crippen molar-refractivity contribution in [3.05, 3.63) is 41.0 Å². The summed E-state index contributed by atoms with van der Waals surface area (Å²) in [7, 11) is 0. The summed E-state index contributed by atoms with van der Waals surface area (Å²) < 4.78 is 0. The zero-order valence-electron chi connectivity index (χ0n) is 23.4. The molecule has 36 heavy (non-hydrogen) atoms. The highest BCUT2D eigenvalue weighted by Gasteiger charge is 2.13. The Hall–Kier alpha value is -1.89. The van der Waals surface area contributed by atoms with Crippen LogP contribution in [0.5, 0.6) is 0 Å². The van der Waals surface area contributed by atoms with Crippen molar-refractivity contribution in [1.82, 2.24) is 19.8 Å². The molecule has 1 heterocycles. The van der Waals surface area contributed by atoms with Gasteiger partial charge in [0.1, 0.15) is 5.82 Å². The molecule has 0 aliphatic carbocycles. The average molecular weight is 517 g/mol. The summed E-state index contributed by atoms with van der Waals surface area (Å²) in [6.45, 7) is 20.1. The number of nitrogens with one attached hydrogen (secondary N) is 1. The van der Waals surface area contributed by atoms with Gasteiger partial charge < -0.3 is 20.0 Å². The third-order valence-corrected chi connectivity index (χ3v) is 6.48. The van der Waals surface area contributed by atoms with Crippen molar-refractivity contribution < 1.29 is 0 Å². The first-order valence-corrected chi connectivity index (χ1v) is 14.4. The second-order valence-corrected chi connectivity index (χ2v) is 10.1. The van der Waals surface area contributed by atoms with Gasteiger partial charge in [0, 0.05) is 35.6 Å². The van der Waals surface area contributed by atoms with Gasteiger partial charge in [-0.1, -0.05) is 39.3 Å². The van der Waals surface area contributed by atoms with Gasteiger partial charge in [0.15, 0.2) is 0 Å². The van der Waals surface area contributed by atoms with Gasteiger partial charge in [-0.3, -0.25) is 0 Å². The van der Waals surface area contributed by atoms with E-state index in [1.807, 2.05) is 31.2 Å². The molecule has 1 aromatic heterocycles. The molecule has 2 rings (SSSR count). The van der Waals surface area contributed by atoms with Gasteiger partial charge in [-0.25, -0.2) is 4.98 Å². The third-order valence-electron chi connectivity index (χ3n) is 6.23. The molecule has 0 atom stereocenters. The Morgan fingerprint density at radius 1 is 0.694 bits per heavy atom. The first kappa shape index (κ1) is 30.3. The summed E-state index contributed by atoms with van der Waals surface area (Å²) in [5, 5.41) is 4.08. The third kappa shape index (κ3) is 11.4. The van der Waals surface area contributed by atoms with E-state index >= 15 is 0 Å².